The van der Waals surface area contributed by atoms with Crippen molar-refractivity contribution in [1.29, 1.82) is 0 Å². The van der Waals surface area contributed by atoms with E-state index in [2.05, 4.69) is 43.5 Å². The van der Waals surface area contributed by atoms with Crippen LogP contribution in [0.25, 0.3) is 0 Å². The Bertz CT molecular complexity index is 1370. The second kappa shape index (κ2) is 45.3. The molecular weight excluding hydrogens is 931 g/mol. The van der Waals surface area contributed by atoms with Crippen LogP contribution in [-0.4, -0.2) is 140 Å². The highest BCUT2D eigenvalue weighted by Crippen LogP contribution is 2.30. The van der Waals surface area contributed by atoms with E-state index >= 15 is 0 Å². The fourth-order valence-corrected chi connectivity index (χ4v) is 9.74. The van der Waals surface area contributed by atoms with Crippen LogP contribution in [0.3, 0.4) is 0 Å². The van der Waals surface area contributed by atoms with Gasteiger partial charge < -0.3 is 65.1 Å². The van der Waals surface area contributed by atoms with Gasteiger partial charge in [-0.1, -0.05) is 224 Å². The van der Waals surface area contributed by atoms with Crippen LogP contribution in [-0.2, 0) is 23.7 Å². The van der Waals surface area contributed by atoms with E-state index in [9.17, 15) is 45.6 Å². The molecule has 0 aromatic carbocycles. The predicted molar refractivity (Wildman–Crippen MR) is 291 cm³/mol. The SMILES string of the molecule is CCCCCCCCCC/C=C/CC/C=C/CC/C=C/C(O)C(COC1OC(CO)C(OC2OC(CO)C(O)C(O)C2O)C(O)C1O)NC(=O)CCCCCCCCCCCCCCCCCCCCCCC. The lowest BCUT2D eigenvalue weighted by molar-refractivity contribution is -0.359. The summed E-state index contributed by atoms with van der Waals surface area (Å²) in [5.74, 6) is -0.250. The highest BCUT2D eigenvalue weighted by atomic mass is 16.7. The number of ether oxygens (including phenoxy) is 4. The van der Waals surface area contributed by atoms with Crippen LogP contribution < -0.4 is 5.32 Å². The largest absolute Gasteiger partial charge is 0.394 e. The number of carbonyl (C=O) groups excluding carboxylic acids is 1. The Labute approximate surface area is 442 Å². The molecule has 0 saturated carbocycles. The number of unbranched alkanes of at least 4 members (excludes halogenated alkanes) is 30. The Morgan fingerprint density at radius 3 is 1.34 bits per heavy atom. The molecule has 2 heterocycles. The number of hydrogen-bond donors (Lipinski definition) is 9. The number of rotatable bonds is 47. The fourth-order valence-electron chi connectivity index (χ4n) is 9.74. The van der Waals surface area contributed by atoms with Crippen molar-refractivity contribution in [3.63, 3.8) is 0 Å². The molecule has 1 amide bonds. The number of carbonyl (C=O) groups is 1. The van der Waals surface area contributed by atoms with Crippen LogP contribution >= 0.6 is 0 Å². The topological polar surface area (TPSA) is 228 Å². The third kappa shape index (κ3) is 31.3. The van der Waals surface area contributed by atoms with Gasteiger partial charge in [-0.2, -0.15) is 0 Å². The van der Waals surface area contributed by atoms with Crippen molar-refractivity contribution >= 4 is 5.91 Å². The van der Waals surface area contributed by atoms with E-state index in [1.807, 2.05) is 6.08 Å². The number of hydrogen-bond acceptors (Lipinski definition) is 13. The van der Waals surface area contributed by atoms with Gasteiger partial charge in [0.1, 0.15) is 48.8 Å². The second-order valence-corrected chi connectivity index (χ2v) is 21.1. The summed E-state index contributed by atoms with van der Waals surface area (Å²) in [7, 11) is 0. The molecular formula is C59H109NO13. The number of allylic oxidation sites excluding steroid dienone is 5. The minimum atomic E-state index is -1.79. The monoisotopic (exact) mass is 1040 g/mol. The third-order valence-corrected chi connectivity index (χ3v) is 14.6. The first kappa shape index (κ1) is 67.3. The highest BCUT2D eigenvalue weighted by molar-refractivity contribution is 5.76. The first-order chi connectivity index (χ1) is 35.6. The van der Waals surface area contributed by atoms with Crippen LogP contribution in [0.4, 0.5) is 0 Å². The Morgan fingerprint density at radius 1 is 0.479 bits per heavy atom. The second-order valence-electron chi connectivity index (χ2n) is 21.1. The van der Waals surface area contributed by atoms with Crippen molar-refractivity contribution in [2.45, 2.75) is 312 Å². The molecule has 73 heavy (non-hydrogen) atoms. The Kier molecular flexibility index (Phi) is 41.7. The molecule has 14 nitrogen and oxygen atoms in total. The van der Waals surface area contributed by atoms with Crippen LogP contribution in [0.15, 0.2) is 36.5 Å². The Balaban J connectivity index is 1.79. The molecule has 12 atom stereocenters. The van der Waals surface area contributed by atoms with Gasteiger partial charge in [-0.15, -0.1) is 0 Å². The minimum absolute atomic E-state index is 0.250. The van der Waals surface area contributed by atoms with E-state index in [0.717, 1.165) is 44.9 Å². The van der Waals surface area contributed by atoms with E-state index in [1.54, 1.807) is 6.08 Å². The molecule has 0 aromatic heterocycles. The molecule has 2 fully saturated rings. The Morgan fingerprint density at radius 2 is 0.877 bits per heavy atom. The lowest BCUT2D eigenvalue weighted by Gasteiger charge is -2.46. The molecule has 2 aliphatic heterocycles. The molecule has 2 rings (SSSR count). The van der Waals surface area contributed by atoms with Crippen molar-refractivity contribution in [3.05, 3.63) is 36.5 Å². The fraction of sp³-hybridized carbons (Fsp3) is 0.881. The lowest BCUT2D eigenvalue weighted by Crippen LogP contribution is -2.65. The van der Waals surface area contributed by atoms with Gasteiger partial charge >= 0.3 is 0 Å². The first-order valence-electron chi connectivity index (χ1n) is 29.7. The van der Waals surface area contributed by atoms with Crippen molar-refractivity contribution in [2.24, 2.45) is 0 Å². The summed E-state index contributed by atoms with van der Waals surface area (Å²) < 4.78 is 22.7. The van der Waals surface area contributed by atoms with Crippen LogP contribution in [0.1, 0.15) is 239 Å². The average Bonchev–Trinajstić information content (AvgIpc) is 3.39. The summed E-state index contributed by atoms with van der Waals surface area (Å²) in [4.78, 5) is 13.2. The summed E-state index contributed by atoms with van der Waals surface area (Å²) in [6.45, 7) is 2.79. The van der Waals surface area contributed by atoms with E-state index < -0.39 is 86.8 Å². The maximum absolute atomic E-state index is 13.2. The number of aliphatic hydroxyl groups is 8. The van der Waals surface area contributed by atoms with E-state index in [0.29, 0.717) is 12.8 Å². The number of nitrogens with one attached hydrogen (secondary N) is 1. The summed E-state index contributed by atoms with van der Waals surface area (Å²) >= 11 is 0. The molecule has 14 heteroatoms. The van der Waals surface area contributed by atoms with Gasteiger partial charge in [0, 0.05) is 6.42 Å². The lowest BCUT2D eigenvalue weighted by atomic mass is 9.97. The molecule has 428 valence electrons. The van der Waals surface area contributed by atoms with Gasteiger partial charge in [-0.05, 0) is 44.9 Å². The highest BCUT2D eigenvalue weighted by Gasteiger charge is 2.51. The third-order valence-electron chi connectivity index (χ3n) is 14.6. The van der Waals surface area contributed by atoms with E-state index in [1.165, 1.54) is 161 Å². The molecule has 12 unspecified atom stereocenters. The van der Waals surface area contributed by atoms with Gasteiger partial charge in [-0.25, -0.2) is 0 Å². The van der Waals surface area contributed by atoms with Crippen LogP contribution in [0.5, 0.6) is 0 Å². The van der Waals surface area contributed by atoms with Crippen molar-refractivity contribution in [1.82, 2.24) is 5.32 Å². The summed E-state index contributed by atoms with van der Waals surface area (Å²) in [5, 5.41) is 87.0. The molecule has 0 spiro atoms. The zero-order chi connectivity index (χ0) is 53.2. The Hall–Kier alpha value is -1.79. The van der Waals surface area contributed by atoms with E-state index in [4.69, 9.17) is 18.9 Å². The molecule has 2 aliphatic rings. The smallest absolute Gasteiger partial charge is 0.220 e. The normalized spacial score (nSPS) is 25.6. The summed E-state index contributed by atoms with van der Waals surface area (Å²) in [5.41, 5.74) is 0. The number of aliphatic hydroxyl groups excluding tert-OH is 8. The first-order valence-corrected chi connectivity index (χ1v) is 29.7. The van der Waals surface area contributed by atoms with Gasteiger partial charge in [-0.3, -0.25) is 4.79 Å². The van der Waals surface area contributed by atoms with Gasteiger partial charge in [0.25, 0.3) is 0 Å². The van der Waals surface area contributed by atoms with E-state index in [-0.39, 0.29) is 18.9 Å². The molecule has 0 aromatic rings. The predicted octanol–water partition coefficient (Wildman–Crippen LogP) is 9.83. The maximum Gasteiger partial charge on any atom is 0.220 e. The zero-order valence-corrected chi connectivity index (χ0v) is 45.9. The molecule has 0 aliphatic carbocycles. The van der Waals surface area contributed by atoms with Gasteiger partial charge in [0.2, 0.25) is 5.91 Å². The van der Waals surface area contributed by atoms with Crippen molar-refractivity contribution < 1.29 is 64.6 Å². The molecule has 2 saturated heterocycles. The molecule has 0 radical (unpaired) electrons. The van der Waals surface area contributed by atoms with Crippen molar-refractivity contribution in [2.75, 3.05) is 19.8 Å². The summed E-state index contributed by atoms with van der Waals surface area (Å²) in [6, 6.07) is -0.935. The molecule has 9 N–H and O–H groups in total. The van der Waals surface area contributed by atoms with Crippen molar-refractivity contribution in [3.8, 4) is 0 Å². The average molecular weight is 1040 g/mol. The maximum atomic E-state index is 13.2. The van der Waals surface area contributed by atoms with Gasteiger partial charge in [0.15, 0.2) is 12.6 Å². The quantitative estimate of drug-likeness (QED) is 0.0205. The summed E-state index contributed by atoms with van der Waals surface area (Å²) in [6.07, 6.45) is 37.5. The van der Waals surface area contributed by atoms with Gasteiger partial charge in [0.05, 0.1) is 32.0 Å². The van der Waals surface area contributed by atoms with Crippen LogP contribution in [0, 0.1) is 0 Å². The standard InChI is InChI=1S/C59H109NO13/c1-3-5-7-9-11-13-15-17-19-21-23-24-25-27-29-31-33-35-37-39-41-43-51(64)60-47(48(63)42-40-38-36-34-32-30-28-26-22-20-18-16-14-12-10-8-6-4-2)46-70-58-56(69)54(67)57(50(45-62)72-58)73-59-55(68)53(66)52(65)49(44-61)71-59/h22,26,32,34,40,42,47-50,52-59,61-63,65-69H,3-21,23-25,27-31,33,35-39,41,43-46H2,1-2H3,(H,60,64)/b26-22+,34-32+,42-40+. The number of amides is 1. The molecule has 0 bridgehead atoms. The minimum Gasteiger partial charge on any atom is -0.394 e. The zero-order valence-electron chi connectivity index (χ0n) is 45.9. The van der Waals surface area contributed by atoms with Crippen LogP contribution in [0.2, 0.25) is 0 Å².